The zero-order valence-electron chi connectivity index (χ0n) is 30.2. The molecule has 7 rings (SSSR count). The summed E-state index contributed by atoms with van der Waals surface area (Å²) in [4.78, 5) is 4.87. The Kier molecular flexibility index (Phi) is 9.67. The van der Waals surface area contributed by atoms with Crippen LogP contribution >= 0.6 is 0 Å². The van der Waals surface area contributed by atoms with Crippen molar-refractivity contribution in [3.05, 3.63) is 132 Å². The number of pyridine rings is 1. The Morgan fingerprint density at radius 1 is 0.700 bits per heavy atom. The molecule has 0 spiro atoms. The van der Waals surface area contributed by atoms with Crippen molar-refractivity contribution in [2.75, 3.05) is 0 Å². The van der Waals surface area contributed by atoms with Crippen molar-refractivity contribution >= 4 is 21.8 Å². The zero-order valence-corrected chi connectivity index (χ0v) is 32.4. The second-order valence-electron chi connectivity index (χ2n) is 14.8. The Hall–Kier alpha value is -4.47. The molecule has 0 fully saturated rings. The molecule has 50 heavy (non-hydrogen) atoms. The predicted octanol–water partition coefficient (Wildman–Crippen LogP) is 11.1. The zero-order chi connectivity index (χ0) is 34.5. The number of rotatable bonds is 7. The minimum absolute atomic E-state index is 0. The standard InChI is InChI=1S/C44H44N4O.Pt/c1-9-37-42(29-15-12-11-13-16-29)38(10-2)48(46-37)32-17-14-18-33(27-32)49-34-20-21-35-36-25-30(43(3,4)5)19-22-39(36)47(40(35)28-34)41-26-31(23-24-45-41)44(6,7)8;/h11-26H,9-10H2,1-8H3;/q-2;+2. The first-order chi connectivity index (χ1) is 23.5. The van der Waals surface area contributed by atoms with Gasteiger partial charge in [0.25, 0.3) is 0 Å². The van der Waals surface area contributed by atoms with Gasteiger partial charge in [-0.3, -0.25) is 4.68 Å². The van der Waals surface area contributed by atoms with E-state index in [4.69, 9.17) is 14.8 Å². The minimum Gasteiger partial charge on any atom is -0.509 e. The summed E-state index contributed by atoms with van der Waals surface area (Å²) in [6.45, 7) is 17.8. The Labute approximate surface area is 310 Å². The maximum Gasteiger partial charge on any atom is 2.00 e. The average molecular weight is 840 g/mol. The second-order valence-corrected chi connectivity index (χ2v) is 14.8. The van der Waals surface area contributed by atoms with E-state index in [1.807, 2.05) is 35.1 Å². The molecule has 3 heterocycles. The van der Waals surface area contributed by atoms with Gasteiger partial charge in [0.05, 0.1) is 5.69 Å². The molecule has 0 aliphatic heterocycles. The molecule has 0 amide bonds. The van der Waals surface area contributed by atoms with Crippen LogP contribution in [0.2, 0.25) is 0 Å². The Morgan fingerprint density at radius 3 is 2.12 bits per heavy atom. The summed E-state index contributed by atoms with van der Waals surface area (Å²) < 4.78 is 10.8. The molecule has 4 aromatic carbocycles. The third-order valence-corrected chi connectivity index (χ3v) is 9.34. The average Bonchev–Trinajstić information content (AvgIpc) is 3.63. The Morgan fingerprint density at radius 2 is 1.42 bits per heavy atom. The Bertz CT molecular complexity index is 2300. The topological polar surface area (TPSA) is 44.9 Å². The first kappa shape index (κ1) is 35.4. The van der Waals surface area contributed by atoms with Crippen LogP contribution in [-0.2, 0) is 44.7 Å². The van der Waals surface area contributed by atoms with Crippen molar-refractivity contribution in [3.8, 4) is 34.1 Å². The molecular weight excluding hydrogens is 796 g/mol. The SMILES string of the molecule is CCc1nn(-c2[c-]c(Oc3[c-]c4c(cc3)c3cc(C(C)(C)C)ccc3n4-c3cc(C(C)(C)C)ccn3)ccc2)c(CC)c1-c1ccccc1.[Pt+2]. The number of hydrogen-bond donors (Lipinski definition) is 0. The van der Waals surface area contributed by atoms with Gasteiger partial charge in [-0.15, -0.1) is 35.7 Å². The van der Waals surface area contributed by atoms with Crippen molar-refractivity contribution in [3.63, 3.8) is 0 Å². The van der Waals surface area contributed by atoms with Gasteiger partial charge in [0, 0.05) is 34.5 Å². The van der Waals surface area contributed by atoms with Crippen LogP contribution in [0.3, 0.4) is 0 Å². The number of fused-ring (bicyclic) bond motifs is 3. The molecule has 0 radical (unpaired) electrons. The largest absolute Gasteiger partial charge is 2.00 e. The number of aryl methyl sites for hydroxylation is 1. The third-order valence-electron chi connectivity index (χ3n) is 9.34. The summed E-state index contributed by atoms with van der Waals surface area (Å²) >= 11 is 0. The quantitative estimate of drug-likeness (QED) is 0.150. The van der Waals surface area contributed by atoms with E-state index >= 15 is 0 Å². The molecule has 0 aliphatic carbocycles. The summed E-state index contributed by atoms with van der Waals surface area (Å²) in [5.74, 6) is 2.09. The van der Waals surface area contributed by atoms with Gasteiger partial charge in [0.1, 0.15) is 5.82 Å². The molecule has 0 bridgehead atoms. The molecule has 0 saturated carbocycles. The molecule has 0 aliphatic rings. The van der Waals surface area contributed by atoms with E-state index in [1.54, 1.807) is 0 Å². The molecule has 3 aromatic heterocycles. The van der Waals surface area contributed by atoms with Crippen LogP contribution in [0.15, 0.2) is 97.2 Å². The van der Waals surface area contributed by atoms with Crippen LogP contribution in [0.1, 0.15) is 77.9 Å². The van der Waals surface area contributed by atoms with E-state index in [9.17, 15) is 0 Å². The van der Waals surface area contributed by atoms with Gasteiger partial charge in [-0.2, -0.15) is 17.2 Å². The van der Waals surface area contributed by atoms with Gasteiger partial charge >= 0.3 is 21.1 Å². The fraction of sp³-hybridized carbons (Fsp3) is 0.273. The van der Waals surface area contributed by atoms with Crippen molar-refractivity contribution in [1.29, 1.82) is 0 Å². The summed E-state index contributed by atoms with van der Waals surface area (Å²) in [5, 5.41) is 7.35. The molecular formula is C44H44N4OPt. The van der Waals surface area contributed by atoms with Crippen LogP contribution in [0.25, 0.3) is 44.4 Å². The molecule has 0 unspecified atom stereocenters. The van der Waals surface area contributed by atoms with Gasteiger partial charge < -0.3 is 9.30 Å². The van der Waals surface area contributed by atoms with Gasteiger partial charge in [0.15, 0.2) is 0 Å². The number of hydrogen-bond acceptors (Lipinski definition) is 3. The molecule has 256 valence electrons. The fourth-order valence-electron chi connectivity index (χ4n) is 6.65. The number of ether oxygens (including phenoxy) is 1. The summed E-state index contributed by atoms with van der Waals surface area (Å²) in [5.41, 5.74) is 10.0. The maximum atomic E-state index is 6.53. The second kappa shape index (κ2) is 13.7. The monoisotopic (exact) mass is 839 g/mol. The smallest absolute Gasteiger partial charge is 0.509 e. The maximum absolute atomic E-state index is 6.53. The third kappa shape index (κ3) is 6.56. The van der Waals surface area contributed by atoms with Crippen LogP contribution < -0.4 is 4.74 Å². The van der Waals surface area contributed by atoms with E-state index in [-0.39, 0.29) is 31.9 Å². The number of benzene rings is 4. The molecule has 5 nitrogen and oxygen atoms in total. The van der Waals surface area contributed by atoms with Gasteiger partial charge in [-0.25, -0.2) is 4.98 Å². The van der Waals surface area contributed by atoms with E-state index in [1.165, 1.54) is 27.6 Å². The van der Waals surface area contributed by atoms with Crippen LogP contribution in [0.4, 0.5) is 0 Å². The molecule has 0 N–H and O–H groups in total. The molecule has 0 atom stereocenters. The van der Waals surface area contributed by atoms with E-state index < -0.39 is 0 Å². The van der Waals surface area contributed by atoms with Gasteiger partial charge in [0.2, 0.25) is 0 Å². The predicted molar refractivity (Wildman–Crippen MR) is 201 cm³/mol. The molecule has 7 aromatic rings. The fourth-order valence-corrected chi connectivity index (χ4v) is 6.65. The number of nitrogens with zero attached hydrogens (tertiary/aromatic N) is 4. The summed E-state index contributed by atoms with van der Waals surface area (Å²) in [7, 11) is 0. The molecule has 0 saturated heterocycles. The van der Waals surface area contributed by atoms with Crippen molar-refractivity contribution in [2.45, 2.75) is 79.1 Å². The number of aromatic nitrogens is 4. The molecule has 6 heteroatoms. The first-order valence-electron chi connectivity index (χ1n) is 17.3. The van der Waals surface area contributed by atoms with Crippen molar-refractivity contribution < 1.29 is 25.8 Å². The van der Waals surface area contributed by atoms with Gasteiger partial charge in [-0.1, -0.05) is 103 Å². The summed E-state index contributed by atoms with van der Waals surface area (Å²) in [6.07, 6.45) is 3.59. The van der Waals surface area contributed by atoms with E-state index in [0.717, 1.165) is 52.2 Å². The Balaban J connectivity index is 0.00000432. The minimum atomic E-state index is -0.0132. The van der Waals surface area contributed by atoms with E-state index in [2.05, 4.69) is 139 Å². The normalized spacial score (nSPS) is 12.0. The van der Waals surface area contributed by atoms with Crippen LogP contribution in [0, 0.1) is 12.1 Å². The van der Waals surface area contributed by atoms with Crippen LogP contribution in [-0.4, -0.2) is 19.3 Å². The van der Waals surface area contributed by atoms with Crippen molar-refractivity contribution in [1.82, 2.24) is 19.3 Å². The summed E-state index contributed by atoms with van der Waals surface area (Å²) in [6, 6.07) is 38.9. The van der Waals surface area contributed by atoms with E-state index in [0.29, 0.717) is 11.5 Å². The first-order valence-corrected chi connectivity index (χ1v) is 17.3. The van der Waals surface area contributed by atoms with Crippen molar-refractivity contribution in [2.24, 2.45) is 0 Å². The van der Waals surface area contributed by atoms with Crippen LogP contribution in [0.5, 0.6) is 11.5 Å². The van der Waals surface area contributed by atoms with Gasteiger partial charge in [-0.05, 0) is 69.6 Å².